The molecule has 0 aromatic carbocycles. The average Bonchev–Trinajstić information content (AvgIpc) is 2.67. The summed E-state index contributed by atoms with van der Waals surface area (Å²) in [5.41, 5.74) is 1.30. The molecule has 3 nitrogen and oxygen atoms in total. The van der Waals surface area contributed by atoms with E-state index in [9.17, 15) is 4.79 Å². The Labute approximate surface area is 183 Å². The zero-order valence-corrected chi connectivity index (χ0v) is 19.5. The number of rotatable bonds is 3. The summed E-state index contributed by atoms with van der Waals surface area (Å²) >= 11 is 0. The maximum absolute atomic E-state index is 13.6. The normalized spacial score (nSPS) is 49.9. The Morgan fingerprint density at radius 1 is 0.867 bits per heavy atom. The van der Waals surface area contributed by atoms with Crippen LogP contribution in [0.3, 0.4) is 0 Å². The summed E-state index contributed by atoms with van der Waals surface area (Å²) < 4.78 is 5.42. The molecule has 0 radical (unpaired) electrons. The largest absolute Gasteiger partial charge is 0.380 e. The predicted molar refractivity (Wildman–Crippen MR) is 119 cm³/mol. The highest BCUT2D eigenvalue weighted by Gasteiger charge is 2.59. The number of hydrogen-bond donors (Lipinski definition) is 0. The molecule has 1 spiro atoms. The lowest BCUT2D eigenvalue weighted by molar-refractivity contribution is -0.192. The highest BCUT2D eigenvalue weighted by molar-refractivity contribution is 5.84. The zero-order valence-electron chi connectivity index (χ0n) is 19.5. The molecule has 2 aliphatic heterocycles. The van der Waals surface area contributed by atoms with Gasteiger partial charge in [0.25, 0.3) is 0 Å². The van der Waals surface area contributed by atoms with Crippen molar-refractivity contribution in [2.24, 2.45) is 45.8 Å². The summed E-state index contributed by atoms with van der Waals surface area (Å²) in [4.78, 5) is 16.0. The van der Waals surface area contributed by atoms with Gasteiger partial charge < -0.3 is 4.74 Å². The Bertz CT molecular complexity index is 693. The van der Waals surface area contributed by atoms with Crippen LogP contribution in [-0.2, 0) is 9.53 Å². The topological polar surface area (TPSA) is 29.5 Å². The van der Waals surface area contributed by atoms with Gasteiger partial charge in [-0.05, 0) is 85.9 Å². The second-order valence-electron chi connectivity index (χ2n) is 13.0. The molecule has 0 amide bonds. The van der Waals surface area contributed by atoms with Crippen LogP contribution in [0.2, 0.25) is 0 Å². The molecular weight excluding hydrogens is 370 g/mol. The number of likely N-dealkylation sites (tertiary alicyclic amines) is 1. The third kappa shape index (κ3) is 2.86. The first-order chi connectivity index (χ1) is 14.4. The number of Topliss-reactive ketones (excluding diaryl/α,β-unsaturated/α-hetero) is 1. The van der Waals surface area contributed by atoms with Gasteiger partial charge in [-0.15, -0.1) is 0 Å². The molecular formula is C27H43NO2. The quantitative estimate of drug-likeness (QED) is 0.626. The summed E-state index contributed by atoms with van der Waals surface area (Å²) in [5, 5.41) is 0. The number of fused-ring (bicyclic) bond motifs is 5. The summed E-state index contributed by atoms with van der Waals surface area (Å²) in [6.45, 7) is 9.95. The fourth-order valence-electron chi connectivity index (χ4n) is 9.94. The molecule has 2 saturated heterocycles. The van der Waals surface area contributed by atoms with Gasteiger partial charge >= 0.3 is 0 Å². The van der Waals surface area contributed by atoms with Crippen LogP contribution in [0, 0.1) is 45.8 Å². The minimum Gasteiger partial charge on any atom is -0.380 e. The van der Waals surface area contributed by atoms with E-state index in [1.165, 1.54) is 64.2 Å². The maximum Gasteiger partial charge on any atom is 0.150 e. The SMILES string of the molecule is C[C@]12CCCCC1CCC1C2CC[C@@]2(C)C1CCC[C@@H]2C(=O)CN1CC2(COC2)C1. The van der Waals surface area contributed by atoms with E-state index in [4.69, 9.17) is 4.74 Å². The van der Waals surface area contributed by atoms with Gasteiger partial charge in [0.1, 0.15) is 5.78 Å². The fourth-order valence-corrected chi connectivity index (χ4v) is 9.94. The zero-order chi connectivity index (χ0) is 20.6. The van der Waals surface area contributed by atoms with Gasteiger partial charge in [0.15, 0.2) is 0 Å². The molecule has 30 heavy (non-hydrogen) atoms. The molecule has 6 fully saturated rings. The number of ketones is 1. The highest BCUT2D eigenvalue weighted by atomic mass is 16.5. The Hall–Kier alpha value is -0.410. The first kappa shape index (κ1) is 20.2. The number of carbonyl (C=O) groups excluding carboxylic acids is 1. The number of carbonyl (C=O) groups is 1. The van der Waals surface area contributed by atoms with Crippen LogP contribution in [0.4, 0.5) is 0 Å². The van der Waals surface area contributed by atoms with Crippen LogP contribution < -0.4 is 0 Å². The molecule has 6 aliphatic rings. The molecule has 3 heteroatoms. The lowest BCUT2D eigenvalue weighted by atomic mass is 9.41. The fraction of sp³-hybridized carbons (Fsp3) is 0.963. The van der Waals surface area contributed by atoms with Gasteiger partial charge in [-0.2, -0.15) is 0 Å². The van der Waals surface area contributed by atoms with Crippen molar-refractivity contribution in [3.8, 4) is 0 Å². The molecule has 4 saturated carbocycles. The van der Waals surface area contributed by atoms with Gasteiger partial charge in [0, 0.05) is 24.4 Å². The maximum atomic E-state index is 13.6. The minimum atomic E-state index is 0.274. The van der Waals surface area contributed by atoms with Crippen LogP contribution in [0.5, 0.6) is 0 Å². The number of ether oxygens (including phenoxy) is 1. The van der Waals surface area contributed by atoms with Crippen LogP contribution in [0.15, 0.2) is 0 Å². The van der Waals surface area contributed by atoms with Crippen molar-refractivity contribution in [2.75, 3.05) is 32.8 Å². The second kappa shape index (κ2) is 7.04. The van der Waals surface area contributed by atoms with Crippen molar-refractivity contribution < 1.29 is 9.53 Å². The van der Waals surface area contributed by atoms with Gasteiger partial charge in [-0.1, -0.05) is 33.1 Å². The van der Waals surface area contributed by atoms with E-state index in [-0.39, 0.29) is 5.41 Å². The molecule has 6 rings (SSSR count). The molecule has 0 aromatic heterocycles. The van der Waals surface area contributed by atoms with E-state index >= 15 is 0 Å². The summed E-state index contributed by atoms with van der Waals surface area (Å²) in [6, 6.07) is 0. The van der Waals surface area contributed by atoms with Gasteiger partial charge in [0.2, 0.25) is 0 Å². The summed E-state index contributed by atoms with van der Waals surface area (Å²) in [6.07, 6.45) is 15.4. The van der Waals surface area contributed by atoms with Crippen LogP contribution in [0.25, 0.3) is 0 Å². The van der Waals surface area contributed by atoms with Crippen molar-refractivity contribution in [2.45, 2.75) is 84.5 Å². The Morgan fingerprint density at radius 3 is 2.43 bits per heavy atom. The summed E-state index contributed by atoms with van der Waals surface area (Å²) in [5.74, 6) is 4.54. The Morgan fingerprint density at radius 2 is 1.67 bits per heavy atom. The molecule has 4 unspecified atom stereocenters. The molecule has 0 bridgehead atoms. The summed E-state index contributed by atoms with van der Waals surface area (Å²) in [7, 11) is 0. The van der Waals surface area contributed by atoms with Gasteiger partial charge in [-0.25, -0.2) is 0 Å². The van der Waals surface area contributed by atoms with Crippen molar-refractivity contribution in [1.82, 2.24) is 4.90 Å². The van der Waals surface area contributed by atoms with Gasteiger partial charge in [-0.3, -0.25) is 9.69 Å². The van der Waals surface area contributed by atoms with E-state index in [1.807, 2.05) is 0 Å². The monoisotopic (exact) mass is 413 g/mol. The third-order valence-corrected chi connectivity index (χ3v) is 11.5. The van der Waals surface area contributed by atoms with Crippen molar-refractivity contribution in [1.29, 1.82) is 0 Å². The predicted octanol–water partition coefficient (Wildman–Crippen LogP) is 5.33. The molecule has 4 aliphatic carbocycles. The van der Waals surface area contributed by atoms with E-state index in [0.717, 1.165) is 56.4 Å². The lowest BCUT2D eigenvalue weighted by Gasteiger charge is -2.63. The van der Waals surface area contributed by atoms with E-state index in [1.54, 1.807) is 0 Å². The van der Waals surface area contributed by atoms with Crippen molar-refractivity contribution in [3.63, 3.8) is 0 Å². The number of hydrogen-bond acceptors (Lipinski definition) is 3. The molecule has 168 valence electrons. The van der Waals surface area contributed by atoms with Crippen LogP contribution >= 0.6 is 0 Å². The van der Waals surface area contributed by atoms with E-state index < -0.39 is 0 Å². The third-order valence-electron chi connectivity index (χ3n) is 11.5. The highest BCUT2D eigenvalue weighted by Crippen LogP contribution is 2.66. The molecule has 0 N–H and O–H groups in total. The standard InChI is InChI=1S/C27H43NO2/c1-25-12-4-3-6-19(25)9-10-20-21-7-5-8-23(26(21,2)13-11-22(20)25)24(29)14-28-15-27(16-28)17-30-18-27/h19-23H,3-18H2,1-2H3/t19?,20?,21?,22?,23-,25+,26+/m1/s1. The Kier molecular flexibility index (Phi) is 4.75. The minimum absolute atomic E-state index is 0.274. The van der Waals surface area contributed by atoms with Crippen LogP contribution in [-0.4, -0.2) is 43.5 Å². The van der Waals surface area contributed by atoms with Gasteiger partial charge in [0.05, 0.1) is 19.8 Å². The lowest BCUT2D eigenvalue weighted by Crippen LogP contribution is -2.67. The van der Waals surface area contributed by atoms with Crippen molar-refractivity contribution >= 4 is 5.78 Å². The van der Waals surface area contributed by atoms with E-state index in [2.05, 4.69) is 18.7 Å². The molecule has 2 heterocycles. The average molecular weight is 414 g/mol. The molecule has 0 aromatic rings. The second-order valence-corrected chi connectivity index (χ2v) is 13.0. The number of nitrogens with zero attached hydrogens (tertiary/aromatic N) is 1. The first-order valence-corrected chi connectivity index (χ1v) is 13.3. The van der Waals surface area contributed by atoms with Crippen molar-refractivity contribution in [3.05, 3.63) is 0 Å². The Balaban J connectivity index is 1.18. The molecule has 7 atom stereocenters. The first-order valence-electron chi connectivity index (χ1n) is 13.3. The van der Waals surface area contributed by atoms with E-state index in [0.29, 0.717) is 29.1 Å². The smallest absolute Gasteiger partial charge is 0.150 e. The van der Waals surface area contributed by atoms with Crippen LogP contribution in [0.1, 0.15) is 84.5 Å².